The van der Waals surface area contributed by atoms with Crippen LogP contribution in [0.2, 0.25) is 0 Å². The molecular weight excluding hydrogens is 300 g/mol. The number of carbonyl (C=O) groups excluding carboxylic acids is 3. The van der Waals surface area contributed by atoms with Gasteiger partial charge >= 0.3 is 11.9 Å². The minimum Gasteiger partial charge on any atom is -0.481 e. The summed E-state index contributed by atoms with van der Waals surface area (Å²) in [6, 6.07) is -2.92. The van der Waals surface area contributed by atoms with Gasteiger partial charge in [0.2, 0.25) is 17.7 Å². The second-order valence-corrected chi connectivity index (χ2v) is 4.33. The largest absolute Gasteiger partial charge is 0.481 e. The summed E-state index contributed by atoms with van der Waals surface area (Å²) >= 11 is 0. The zero-order valence-corrected chi connectivity index (χ0v) is 11.6. The Balaban J connectivity index is 4.90. The van der Waals surface area contributed by atoms with Gasteiger partial charge < -0.3 is 32.3 Å². The Morgan fingerprint density at radius 2 is 1.59 bits per heavy atom. The molecule has 11 nitrogen and oxygen atoms in total. The van der Waals surface area contributed by atoms with Crippen molar-refractivity contribution in [3.8, 4) is 0 Å². The van der Waals surface area contributed by atoms with Gasteiger partial charge in [-0.1, -0.05) is 0 Å². The lowest BCUT2D eigenvalue weighted by molar-refractivity contribution is -0.147. The van der Waals surface area contributed by atoms with Crippen molar-refractivity contribution in [2.24, 2.45) is 11.5 Å². The number of carboxylic acids is 2. The molecule has 3 amide bonds. The van der Waals surface area contributed by atoms with Gasteiger partial charge in [-0.2, -0.15) is 0 Å². The molecule has 0 saturated heterocycles. The molecular formula is C11H18N4O7. The molecule has 0 rings (SSSR count). The number of nitrogens with one attached hydrogen (secondary N) is 2. The highest BCUT2D eigenvalue weighted by Gasteiger charge is 2.28. The van der Waals surface area contributed by atoms with E-state index in [1.165, 1.54) is 0 Å². The van der Waals surface area contributed by atoms with Crippen molar-refractivity contribution in [3.05, 3.63) is 0 Å². The second-order valence-electron chi connectivity index (χ2n) is 4.33. The average Bonchev–Trinajstić information content (AvgIpc) is 2.41. The van der Waals surface area contributed by atoms with Gasteiger partial charge in [0.15, 0.2) is 0 Å². The van der Waals surface area contributed by atoms with Gasteiger partial charge in [-0.05, 0) is 6.42 Å². The van der Waals surface area contributed by atoms with Gasteiger partial charge in [-0.15, -0.1) is 0 Å². The smallest absolute Gasteiger partial charge is 0.326 e. The molecule has 0 bridgehead atoms. The maximum atomic E-state index is 11.9. The third kappa shape index (κ3) is 7.79. The van der Waals surface area contributed by atoms with E-state index in [1.54, 1.807) is 0 Å². The van der Waals surface area contributed by atoms with Gasteiger partial charge in [-0.3, -0.25) is 19.2 Å². The van der Waals surface area contributed by atoms with Crippen molar-refractivity contribution in [1.82, 2.24) is 10.6 Å². The summed E-state index contributed by atoms with van der Waals surface area (Å²) in [5.41, 5.74) is 10.0. The van der Waals surface area contributed by atoms with E-state index in [1.807, 2.05) is 5.32 Å². The number of amides is 3. The van der Waals surface area contributed by atoms with E-state index in [2.05, 4.69) is 5.32 Å². The number of nitrogens with two attached hydrogens (primary N) is 2. The lowest BCUT2D eigenvalue weighted by Gasteiger charge is -2.20. The van der Waals surface area contributed by atoms with Crippen molar-refractivity contribution in [2.75, 3.05) is 6.54 Å². The molecule has 22 heavy (non-hydrogen) atoms. The Hall–Kier alpha value is -2.69. The van der Waals surface area contributed by atoms with Crippen LogP contribution < -0.4 is 22.1 Å². The molecule has 8 N–H and O–H groups in total. The number of hydrogen-bond donors (Lipinski definition) is 6. The van der Waals surface area contributed by atoms with Crippen LogP contribution >= 0.6 is 0 Å². The fourth-order valence-electron chi connectivity index (χ4n) is 1.46. The molecule has 0 saturated carbocycles. The highest BCUT2D eigenvalue weighted by Crippen LogP contribution is 2.00. The summed E-state index contributed by atoms with van der Waals surface area (Å²) in [6.45, 7) is -0.419. The maximum absolute atomic E-state index is 11.9. The van der Waals surface area contributed by atoms with Gasteiger partial charge in [0, 0.05) is 6.42 Å². The topological polar surface area (TPSA) is 202 Å². The zero-order chi connectivity index (χ0) is 17.3. The van der Waals surface area contributed by atoms with Crippen molar-refractivity contribution in [1.29, 1.82) is 0 Å². The van der Waals surface area contributed by atoms with Gasteiger partial charge in [0.1, 0.15) is 12.1 Å². The first-order chi connectivity index (χ1) is 10.2. The first-order valence-electron chi connectivity index (χ1n) is 6.20. The van der Waals surface area contributed by atoms with Crippen LogP contribution in [0, 0.1) is 0 Å². The van der Waals surface area contributed by atoms with E-state index in [0.29, 0.717) is 0 Å². The number of primary amides is 1. The molecule has 0 aromatic heterocycles. The molecule has 0 aliphatic carbocycles. The molecule has 0 spiro atoms. The van der Waals surface area contributed by atoms with Crippen molar-refractivity contribution in [3.63, 3.8) is 0 Å². The van der Waals surface area contributed by atoms with Crippen LogP contribution in [-0.2, 0) is 24.0 Å². The summed E-state index contributed by atoms with van der Waals surface area (Å²) in [4.78, 5) is 55.3. The van der Waals surface area contributed by atoms with Gasteiger partial charge in [-0.25, -0.2) is 4.79 Å². The molecule has 0 aliphatic heterocycles. The molecule has 11 heteroatoms. The quantitative estimate of drug-likeness (QED) is 0.241. The predicted octanol–water partition coefficient (Wildman–Crippen LogP) is -3.26. The van der Waals surface area contributed by atoms with E-state index in [0.717, 1.165) is 0 Å². The van der Waals surface area contributed by atoms with E-state index in [-0.39, 0.29) is 12.8 Å². The minimum atomic E-state index is -1.67. The Kier molecular flexibility index (Phi) is 8.15. The van der Waals surface area contributed by atoms with Crippen LogP contribution in [0.15, 0.2) is 0 Å². The summed E-state index contributed by atoms with van der Waals surface area (Å²) in [6.07, 6.45) is -1.25. The molecule has 0 aromatic rings. The minimum absolute atomic E-state index is 0.174. The van der Waals surface area contributed by atoms with E-state index in [4.69, 9.17) is 21.7 Å². The summed E-state index contributed by atoms with van der Waals surface area (Å²) in [5, 5.41) is 21.6. The standard InChI is InChI=1S/C11H18N4O7/c12-4-8(17)14-5(1-2-7(13)16)10(20)15-6(11(21)22)3-9(18)19/h5-6H,1-4,12H2,(H2,13,16)(H,14,17)(H,15,20)(H,18,19)(H,21,22)/t5-,6-/m0/s1. The van der Waals surface area contributed by atoms with Crippen molar-refractivity contribution >= 4 is 29.7 Å². The first-order valence-corrected chi connectivity index (χ1v) is 6.20. The number of aliphatic carboxylic acids is 2. The third-order valence-corrected chi connectivity index (χ3v) is 2.51. The predicted molar refractivity (Wildman–Crippen MR) is 71.2 cm³/mol. The number of rotatable bonds is 10. The van der Waals surface area contributed by atoms with Crippen LogP contribution in [0.25, 0.3) is 0 Å². The Bertz CT molecular complexity index is 465. The second kappa shape index (κ2) is 9.28. The maximum Gasteiger partial charge on any atom is 0.326 e. The van der Waals surface area contributed by atoms with Crippen LogP contribution in [0.1, 0.15) is 19.3 Å². The lowest BCUT2D eigenvalue weighted by atomic mass is 10.1. The van der Waals surface area contributed by atoms with Gasteiger partial charge in [0.25, 0.3) is 0 Å². The fraction of sp³-hybridized carbons (Fsp3) is 0.545. The van der Waals surface area contributed by atoms with Crippen LogP contribution in [0.5, 0.6) is 0 Å². The third-order valence-electron chi connectivity index (χ3n) is 2.51. The first kappa shape index (κ1) is 19.3. The molecule has 0 fully saturated rings. The van der Waals surface area contributed by atoms with Crippen molar-refractivity contribution < 1.29 is 34.2 Å². The lowest BCUT2D eigenvalue weighted by Crippen LogP contribution is -2.53. The average molecular weight is 318 g/mol. The molecule has 0 heterocycles. The van der Waals surface area contributed by atoms with Crippen LogP contribution in [0.3, 0.4) is 0 Å². The molecule has 124 valence electrons. The SMILES string of the molecule is NCC(=O)N[C@@H](CCC(N)=O)C(=O)N[C@@H](CC(=O)O)C(=O)O. The van der Waals surface area contributed by atoms with Crippen molar-refractivity contribution in [2.45, 2.75) is 31.3 Å². The highest BCUT2D eigenvalue weighted by molar-refractivity contribution is 5.92. The van der Waals surface area contributed by atoms with E-state index >= 15 is 0 Å². The van der Waals surface area contributed by atoms with Crippen LogP contribution in [-0.4, -0.2) is 58.5 Å². The molecule has 2 atom stereocenters. The number of carboxylic acid groups (broad SMARTS) is 2. The van der Waals surface area contributed by atoms with Gasteiger partial charge in [0.05, 0.1) is 13.0 Å². The summed E-state index contributed by atoms with van der Waals surface area (Å²) in [7, 11) is 0. The Labute approximate surface area is 125 Å². The fourth-order valence-corrected chi connectivity index (χ4v) is 1.46. The summed E-state index contributed by atoms with van der Waals surface area (Å²) in [5.74, 6) is -5.34. The van der Waals surface area contributed by atoms with Crippen LogP contribution in [0.4, 0.5) is 0 Å². The monoisotopic (exact) mass is 318 g/mol. The molecule has 0 aromatic carbocycles. The molecule has 0 aliphatic rings. The summed E-state index contributed by atoms with van der Waals surface area (Å²) < 4.78 is 0. The molecule has 0 unspecified atom stereocenters. The highest BCUT2D eigenvalue weighted by atomic mass is 16.4. The van der Waals surface area contributed by atoms with E-state index in [9.17, 15) is 24.0 Å². The Morgan fingerprint density at radius 3 is 2.00 bits per heavy atom. The number of carbonyl (C=O) groups is 5. The molecule has 0 radical (unpaired) electrons. The normalized spacial score (nSPS) is 12.8. The zero-order valence-electron chi connectivity index (χ0n) is 11.6. The number of hydrogen-bond acceptors (Lipinski definition) is 6. The van der Waals surface area contributed by atoms with E-state index < -0.39 is 54.7 Å². The Morgan fingerprint density at radius 1 is 1.00 bits per heavy atom.